The van der Waals surface area contributed by atoms with Gasteiger partial charge in [0, 0.05) is 47.2 Å². The monoisotopic (exact) mass is 624 g/mol. The number of rotatable bonds is 12. The first kappa shape index (κ1) is 32.2. The molecule has 0 spiro atoms. The number of methoxy groups -OCH3 is 1. The van der Waals surface area contributed by atoms with E-state index in [2.05, 4.69) is 27.9 Å². The van der Waals surface area contributed by atoms with Crippen LogP contribution in [0.2, 0.25) is 0 Å². The predicted octanol–water partition coefficient (Wildman–Crippen LogP) is 6.05. The van der Waals surface area contributed by atoms with Crippen molar-refractivity contribution in [2.24, 2.45) is 0 Å². The van der Waals surface area contributed by atoms with Crippen molar-refractivity contribution < 1.29 is 19.1 Å². The van der Waals surface area contributed by atoms with Gasteiger partial charge >= 0.3 is 6.09 Å². The molecule has 8 nitrogen and oxygen atoms in total. The number of anilines is 1. The molecule has 1 aliphatic rings. The summed E-state index contributed by atoms with van der Waals surface area (Å²) in [5.74, 6) is 0.0763. The van der Waals surface area contributed by atoms with Crippen molar-refractivity contribution in [1.29, 1.82) is 0 Å². The summed E-state index contributed by atoms with van der Waals surface area (Å²) in [5.41, 5.74) is 3.52. The van der Waals surface area contributed by atoms with E-state index < -0.39 is 18.1 Å². The Balaban J connectivity index is 1.29. The zero-order valence-electron chi connectivity index (χ0n) is 25.6. The molecule has 1 aromatic heterocycles. The maximum atomic E-state index is 14.1. The van der Waals surface area contributed by atoms with Crippen molar-refractivity contribution in [3.63, 3.8) is 0 Å². The van der Waals surface area contributed by atoms with E-state index in [0.29, 0.717) is 5.69 Å². The SMILES string of the molecule is COC(=O)N[C@H](C(=O)Nc1ccccc1CC[C@@H]1CN[C@H](C)[C@@H](CSc2ccncc2)O1)C(c1ccccc1)c1ccccc1. The van der Waals surface area contributed by atoms with Gasteiger partial charge in [0.2, 0.25) is 5.91 Å². The quantitative estimate of drug-likeness (QED) is 0.165. The molecule has 1 fully saturated rings. The molecule has 0 unspecified atom stereocenters. The van der Waals surface area contributed by atoms with E-state index in [1.807, 2.05) is 109 Å². The number of alkyl carbamates (subject to hydrolysis) is 1. The van der Waals surface area contributed by atoms with Crippen LogP contribution in [0, 0.1) is 0 Å². The number of ether oxygens (including phenoxy) is 2. The molecule has 0 saturated carbocycles. The Morgan fingerprint density at radius 2 is 1.60 bits per heavy atom. The first-order valence-corrected chi connectivity index (χ1v) is 16.2. The number of morpholine rings is 1. The Labute approximate surface area is 269 Å². The summed E-state index contributed by atoms with van der Waals surface area (Å²) in [6.45, 7) is 2.93. The maximum absolute atomic E-state index is 14.1. The molecule has 3 aromatic carbocycles. The number of benzene rings is 3. The van der Waals surface area contributed by atoms with Gasteiger partial charge in [-0.3, -0.25) is 9.78 Å². The molecule has 45 heavy (non-hydrogen) atoms. The minimum atomic E-state index is -0.929. The lowest BCUT2D eigenvalue weighted by molar-refractivity contribution is -0.118. The number of aromatic nitrogens is 1. The van der Waals surface area contributed by atoms with Crippen LogP contribution in [-0.4, -0.2) is 60.7 Å². The number of amides is 2. The lowest BCUT2D eigenvalue weighted by Gasteiger charge is -2.36. The number of aryl methyl sites for hydroxylation is 1. The first-order valence-electron chi connectivity index (χ1n) is 15.3. The van der Waals surface area contributed by atoms with E-state index in [-0.39, 0.29) is 24.2 Å². The normalized spacial score (nSPS) is 18.6. The molecule has 1 saturated heterocycles. The standard InChI is InChI=1S/C36H40N4O4S/c1-25-32(24-45-30-19-21-37-22-20-30)44-29(23-38-25)18-17-26-11-9-10-16-31(26)39-35(41)34(40-36(42)43-2)33(27-12-5-3-6-13-27)28-14-7-4-8-15-28/h3-16,19-22,25,29,32-34,38H,17-18,23-24H2,1-2H3,(H,39,41)(H,40,42)/t25-,29-,32-,34+/m1/s1. The number of carbonyl (C=O) groups is 2. The molecule has 1 aliphatic heterocycles. The van der Waals surface area contributed by atoms with Crippen molar-refractivity contribution in [3.8, 4) is 0 Å². The molecule has 3 N–H and O–H groups in total. The van der Waals surface area contributed by atoms with Gasteiger partial charge in [-0.2, -0.15) is 0 Å². The van der Waals surface area contributed by atoms with Crippen LogP contribution < -0.4 is 16.0 Å². The van der Waals surface area contributed by atoms with Crippen molar-refractivity contribution in [3.05, 3.63) is 126 Å². The fourth-order valence-electron chi connectivity index (χ4n) is 5.60. The average Bonchev–Trinajstić information content (AvgIpc) is 3.09. The lowest BCUT2D eigenvalue weighted by Crippen LogP contribution is -2.52. The topological polar surface area (TPSA) is 102 Å². The summed E-state index contributed by atoms with van der Waals surface area (Å²) in [5, 5.41) is 9.55. The van der Waals surface area contributed by atoms with E-state index in [1.165, 1.54) is 12.0 Å². The molecule has 4 atom stereocenters. The van der Waals surface area contributed by atoms with Crippen molar-refractivity contribution in [1.82, 2.24) is 15.6 Å². The molecule has 0 aliphatic carbocycles. The van der Waals surface area contributed by atoms with E-state index >= 15 is 0 Å². The molecule has 2 amide bonds. The highest BCUT2D eigenvalue weighted by atomic mass is 32.2. The number of pyridine rings is 1. The molecule has 4 aromatic rings. The summed E-state index contributed by atoms with van der Waals surface area (Å²) in [7, 11) is 1.30. The highest BCUT2D eigenvalue weighted by molar-refractivity contribution is 7.99. The van der Waals surface area contributed by atoms with Gasteiger partial charge in [0.25, 0.3) is 0 Å². The predicted molar refractivity (Wildman–Crippen MR) is 179 cm³/mol. The molecule has 234 valence electrons. The van der Waals surface area contributed by atoms with Crippen LogP contribution in [0.3, 0.4) is 0 Å². The molecule has 9 heteroatoms. The average molecular weight is 625 g/mol. The van der Waals surface area contributed by atoms with Crippen LogP contribution >= 0.6 is 11.8 Å². The summed E-state index contributed by atoms with van der Waals surface area (Å²) in [4.78, 5) is 31.9. The third-order valence-corrected chi connectivity index (χ3v) is 9.16. The Hall–Kier alpha value is -4.18. The summed E-state index contributed by atoms with van der Waals surface area (Å²) >= 11 is 1.77. The zero-order valence-corrected chi connectivity index (χ0v) is 26.4. The Kier molecular flexibility index (Phi) is 11.6. The maximum Gasteiger partial charge on any atom is 0.407 e. The molecule has 5 rings (SSSR count). The Morgan fingerprint density at radius 1 is 0.956 bits per heavy atom. The number of nitrogens with one attached hydrogen (secondary N) is 3. The van der Waals surface area contributed by atoms with Gasteiger partial charge in [-0.25, -0.2) is 4.79 Å². The van der Waals surface area contributed by atoms with Crippen LogP contribution in [0.1, 0.15) is 36.0 Å². The molecular weight excluding hydrogens is 584 g/mol. The summed E-state index contributed by atoms with van der Waals surface area (Å²) < 4.78 is 11.5. The Bertz CT molecular complexity index is 1470. The number of hydrogen-bond acceptors (Lipinski definition) is 7. The first-order chi connectivity index (χ1) is 22.0. The van der Waals surface area contributed by atoms with Crippen LogP contribution in [0.25, 0.3) is 0 Å². The van der Waals surface area contributed by atoms with E-state index in [1.54, 1.807) is 11.8 Å². The van der Waals surface area contributed by atoms with Gasteiger partial charge in [-0.05, 0) is 54.7 Å². The van der Waals surface area contributed by atoms with Crippen LogP contribution in [-0.2, 0) is 20.7 Å². The summed E-state index contributed by atoms with van der Waals surface area (Å²) in [6.07, 6.45) is 4.58. The van der Waals surface area contributed by atoms with Crippen LogP contribution in [0.5, 0.6) is 0 Å². The smallest absolute Gasteiger partial charge is 0.407 e. The number of nitrogens with zero attached hydrogens (tertiary/aromatic N) is 1. The van der Waals surface area contributed by atoms with E-state index in [4.69, 9.17) is 9.47 Å². The molecule has 0 bridgehead atoms. The fraction of sp³-hybridized carbons (Fsp3) is 0.306. The van der Waals surface area contributed by atoms with Gasteiger partial charge in [0.1, 0.15) is 6.04 Å². The largest absolute Gasteiger partial charge is 0.453 e. The van der Waals surface area contributed by atoms with Gasteiger partial charge < -0.3 is 25.4 Å². The van der Waals surface area contributed by atoms with E-state index in [0.717, 1.165) is 41.8 Å². The second kappa shape index (κ2) is 16.2. The molecule has 2 heterocycles. The molecular formula is C36H40N4O4S. The van der Waals surface area contributed by atoms with Crippen molar-refractivity contribution in [2.75, 3.05) is 24.7 Å². The van der Waals surface area contributed by atoms with Gasteiger partial charge in [0.15, 0.2) is 0 Å². The third kappa shape index (κ3) is 8.94. The Morgan fingerprint density at radius 3 is 2.27 bits per heavy atom. The second-order valence-corrected chi connectivity index (χ2v) is 12.2. The zero-order chi connectivity index (χ0) is 31.4. The van der Waals surface area contributed by atoms with Gasteiger partial charge in [-0.15, -0.1) is 11.8 Å². The van der Waals surface area contributed by atoms with Crippen molar-refractivity contribution >= 4 is 29.4 Å². The third-order valence-electron chi connectivity index (χ3n) is 8.06. The van der Waals surface area contributed by atoms with Gasteiger partial charge in [-0.1, -0.05) is 78.9 Å². The second-order valence-electron chi connectivity index (χ2n) is 11.1. The molecule has 0 radical (unpaired) electrons. The number of hydrogen-bond donors (Lipinski definition) is 3. The van der Waals surface area contributed by atoms with Crippen LogP contribution in [0.15, 0.2) is 114 Å². The highest BCUT2D eigenvalue weighted by Gasteiger charge is 2.33. The minimum Gasteiger partial charge on any atom is -0.453 e. The number of para-hydroxylation sites is 1. The van der Waals surface area contributed by atoms with Crippen molar-refractivity contribution in [2.45, 2.75) is 54.9 Å². The fourth-order valence-corrected chi connectivity index (χ4v) is 6.64. The summed E-state index contributed by atoms with van der Waals surface area (Å²) in [6, 6.07) is 30.6. The van der Waals surface area contributed by atoms with Gasteiger partial charge in [0.05, 0.1) is 19.3 Å². The lowest BCUT2D eigenvalue weighted by atomic mass is 9.84. The minimum absolute atomic E-state index is 0.0438. The number of thioether (sulfide) groups is 1. The number of carbonyl (C=O) groups excluding carboxylic acids is 2. The van der Waals surface area contributed by atoms with E-state index in [9.17, 15) is 9.59 Å². The van der Waals surface area contributed by atoms with Crippen LogP contribution in [0.4, 0.5) is 10.5 Å². The highest BCUT2D eigenvalue weighted by Crippen LogP contribution is 2.30.